The van der Waals surface area contributed by atoms with Crippen LogP contribution in [0, 0.1) is 6.92 Å². The van der Waals surface area contributed by atoms with Crippen molar-refractivity contribution in [2.75, 3.05) is 5.32 Å². The molecule has 0 aliphatic carbocycles. The van der Waals surface area contributed by atoms with Crippen molar-refractivity contribution in [3.05, 3.63) is 57.9 Å². The summed E-state index contributed by atoms with van der Waals surface area (Å²) in [5, 5.41) is 6.19. The van der Waals surface area contributed by atoms with E-state index in [9.17, 15) is 22.4 Å². The average Bonchev–Trinajstić information content (AvgIpc) is 3.25. The molecule has 11 heteroatoms. The van der Waals surface area contributed by atoms with Crippen molar-refractivity contribution >= 4 is 23.2 Å². The first-order valence-corrected chi connectivity index (χ1v) is 9.75. The van der Waals surface area contributed by atoms with Gasteiger partial charge in [0.25, 0.3) is 12.3 Å². The summed E-state index contributed by atoms with van der Waals surface area (Å²) in [6.07, 6.45) is -6.30. The lowest BCUT2D eigenvalue weighted by atomic mass is 9.99. The first-order chi connectivity index (χ1) is 15.1. The minimum atomic E-state index is -3.77. The Hall–Kier alpha value is -3.27. The summed E-state index contributed by atoms with van der Waals surface area (Å²) < 4.78 is 66.3. The van der Waals surface area contributed by atoms with Gasteiger partial charge in [-0.25, -0.2) is 8.78 Å². The molecule has 3 aromatic rings. The molecule has 1 aliphatic heterocycles. The maximum atomic E-state index is 13.3. The first-order valence-electron chi connectivity index (χ1n) is 9.38. The summed E-state index contributed by atoms with van der Waals surface area (Å²) >= 11 is 6.25. The van der Waals surface area contributed by atoms with Crippen molar-refractivity contribution in [1.82, 2.24) is 5.16 Å². The zero-order valence-electron chi connectivity index (χ0n) is 16.6. The topological polar surface area (TPSA) is 73.6 Å². The third-order valence-electron chi connectivity index (χ3n) is 4.85. The lowest BCUT2D eigenvalue weighted by Crippen LogP contribution is -2.25. The molecular weight excluding hydrogens is 456 g/mol. The van der Waals surface area contributed by atoms with Crippen LogP contribution in [0.1, 0.15) is 40.7 Å². The summed E-state index contributed by atoms with van der Waals surface area (Å²) in [6.45, 7) is 3.21. The van der Waals surface area contributed by atoms with E-state index in [1.165, 1.54) is 19.1 Å². The number of amides is 1. The van der Waals surface area contributed by atoms with Crippen molar-refractivity contribution in [1.29, 1.82) is 0 Å². The van der Waals surface area contributed by atoms with Gasteiger partial charge in [-0.15, -0.1) is 8.78 Å². The molecule has 0 spiro atoms. The van der Waals surface area contributed by atoms with Crippen molar-refractivity contribution in [2.45, 2.75) is 33.0 Å². The number of nitrogens with one attached hydrogen (secondary N) is 1. The van der Waals surface area contributed by atoms with Gasteiger partial charge >= 0.3 is 6.29 Å². The molecule has 0 atom stereocenters. The Morgan fingerprint density at radius 2 is 1.88 bits per heavy atom. The second-order valence-corrected chi connectivity index (χ2v) is 7.34. The van der Waals surface area contributed by atoms with E-state index in [4.69, 9.17) is 11.6 Å². The number of carbonyl (C=O) groups excluding carboxylic acids is 1. The fourth-order valence-electron chi connectivity index (χ4n) is 3.37. The molecule has 6 nitrogen and oxygen atoms in total. The number of aryl methyl sites for hydroxylation is 2. The molecule has 1 aromatic heterocycles. The van der Waals surface area contributed by atoms with E-state index in [2.05, 4.69) is 24.5 Å². The number of nitrogens with zero attached hydrogens (tertiary/aromatic N) is 1. The highest BCUT2D eigenvalue weighted by molar-refractivity contribution is 6.33. The zero-order valence-corrected chi connectivity index (χ0v) is 17.4. The Balaban J connectivity index is 1.65. The summed E-state index contributed by atoms with van der Waals surface area (Å²) in [6, 6.07) is 7.43. The van der Waals surface area contributed by atoms with Crippen LogP contribution < -0.4 is 14.8 Å². The lowest BCUT2D eigenvalue weighted by Gasteiger charge is -2.13. The molecule has 0 fully saturated rings. The van der Waals surface area contributed by atoms with Crippen molar-refractivity contribution in [3.63, 3.8) is 0 Å². The van der Waals surface area contributed by atoms with Crippen LogP contribution in [0.2, 0.25) is 5.02 Å². The minimum Gasteiger partial charge on any atom is -0.395 e. The van der Waals surface area contributed by atoms with Crippen molar-refractivity contribution < 1.29 is 36.4 Å². The largest absolute Gasteiger partial charge is 0.586 e. The molecule has 2 heterocycles. The normalized spacial score (nSPS) is 14.1. The molecule has 1 amide bonds. The van der Waals surface area contributed by atoms with E-state index in [1.807, 2.05) is 6.92 Å². The van der Waals surface area contributed by atoms with Crippen LogP contribution in [0.3, 0.4) is 0 Å². The molecule has 2 aromatic carbocycles. The molecule has 0 saturated carbocycles. The molecular formula is C21H15ClF4N2O4. The van der Waals surface area contributed by atoms with Gasteiger partial charge in [-0.05, 0) is 42.7 Å². The standard InChI is InChI=1S/C21H15ClF4N2O4/c1-3-10-6-11(12-7-15-16(8-13(12)22)31-21(25,26)30-15)4-5-14(10)27-20(29)17-9(2)28-32-18(17)19(23)24/h4-8,19H,3H2,1-2H3,(H,27,29). The minimum absolute atomic E-state index is 0.0383. The average molecular weight is 471 g/mol. The van der Waals surface area contributed by atoms with E-state index in [0.29, 0.717) is 28.8 Å². The Labute approximate surface area is 184 Å². The third kappa shape index (κ3) is 3.97. The van der Waals surface area contributed by atoms with Gasteiger partial charge in [0.1, 0.15) is 5.56 Å². The van der Waals surface area contributed by atoms with Gasteiger partial charge in [0.15, 0.2) is 11.5 Å². The molecule has 168 valence electrons. The number of benzene rings is 2. The van der Waals surface area contributed by atoms with Crippen LogP contribution in [0.25, 0.3) is 11.1 Å². The molecule has 0 saturated heterocycles. The Morgan fingerprint density at radius 1 is 1.19 bits per heavy atom. The number of alkyl halides is 4. The summed E-state index contributed by atoms with van der Waals surface area (Å²) in [7, 11) is 0. The number of ether oxygens (including phenoxy) is 2. The Bertz CT molecular complexity index is 1210. The van der Waals surface area contributed by atoms with Gasteiger partial charge in [0.05, 0.1) is 10.7 Å². The number of aromatic nitrogens is 1. The Kier molecular flexibility index (Phi) is 5.49. The highest BCUT2D eigenvalue weighted by Gasteiger charge is 2.43. The second-order valence-electron chi connectivity index (χ2n) is 6.93. The van der Waals surface area contributed by atoms with E-state index in [-0.39, 0.29) is 27.8 Å². The number of anilines is 1. The van der Waals surface area contributed by atoms with Crippen LogP contribution in [0.4, 0.5) is 23.2 Å². The van der Waals surface area contributed by atoms with Crippen LogP contribution in [-0.4, -0.2) is 17.4 Å². The van der Waals surface area contributed by atoms with Gasteiger partial charge in [-0.2, -0.15) is 0 Å². The molecule has 4 rings (SSSR count). The highest BCUT2D eigenvalue weighted by Crippen LogP contribution is 2.46. The van der Waals surface area contributed by atoms with Crippen LogP contribution in [0.5, 0.6) is 11.5 Å². The van der Waals surface area contributed by atoms with Gasteiger partial charge in [-0.1, -0.05) is 29.7 Å². The molecule has 0 bridgehead atoms. The monoisotopic (exact) mass is 470 g/mol. The number of rotatable bonds is 5. The number of fused-ring (bicyclic) bond motifs is 1. The number of hydrogen-bond donors (Lipinski definition) is 1. The number of hydrogen-bond acceptors (Lipinski definition) is 5. The highest BCUT2D eigenvalue weighted by atomic mass is 35.5. The predicted octanol–water partition coefficient (Wildman–Crippen LogP) is 6.38. The van der Waals surface area contributed by atoms with Crippen LogP contribution in [0.15, 0.2) is 34.9 Å². The van der Waals surface area contributed by atoms with Gasteiger partial charge in [0.2, 0.25) is 5.76 Å². The van der Waals surface area contributed by atoms with Gasteiger partial charge in [-0.3, -0.25) is 4.79 Å². The van der Waals surface area contributed by atoms with Crippen LogP contribution in [-0.2, 0) is 6.42 Å². The number of halogens is 5. The van der Waals surface area contributed by atoms with Gasteiger partial charge in [0, 0.05) is 17.3 Å². The summed E-state index contributed by atoms with van der Waals surface area (Å²) in [5.74, 6) is -1.93. The molecule has 0 radical (unpaired) electrons. The van der Waals surface area contributed by atoms with Gasteiger partial charge < -0.3 is 19.3 Å². The predicted molar refractivity (Wildman–Crippen MR) is 107 cm³/mol. The quantitative estimate of drug-likeness (QED) is 0.438. The van der Waals surface area contributed by atoms with Crippen molar-refractivity contribution in [2.24, 2.45) is 0 Å². The fourth-order valence-corrected chi connectivity index (χ4v) is 3.63. The maximum absolute atomic E-state index is 13.3. The van der Waals surface area contributed by atoms with E-state index in [0.717, 1.165) is 0 Å². The van der Waals surface area contributed by atoms with E-state index < -0.39 is 24.4 Å². The fraction of sp³-hybridized carbons (Fsp3) is 0.238. The maximum Gasteiger partial charge on any atom is 0.586 e. The first kappa shape index (κ1) is 21.9. The smallest absolute Gasteiger partial charge is 0.395 e. The van der Waals surface area contributed by atoms with E-state index in [1.54, 1.807) is 18.2 Å². The number of carbonyl (C=O) groups is 1. The molecule has 1 N–H and O–H groups in total. The molecule has 32 heavy (non-hydrogen) atoms. The Morgan fingerprint density at radius 3 is 2.53 bits per heavy atom. The van der Waals surface area contributed by atoms with Crippen molar-refractivity contribution in [3.8, 4) is 22.6 Å². The molecule has 0 unspecified atom stereocenters. The second kappa shape index (κ2) is 8.01. The third-order valence-corrected chi connectivity index (χ3v) is 5.16. The van der Waals surface area contributed by atoms with Crippen LogP contribution >= 0.6 is 11.6 Å². The molecule has 1 aliphatic rings. The summed E-state index contributed by atoms with van der Waals surface area (Å²) in [4.78, 5) is 12.6. The lowest BCUT2D eigenvalue weighted by molar-refractivity contribution is -0.286. The van der Waals surface area contributed by atoms with E-state index >= 15 is 0 Å². The SMILES string of the molecule is CCc1cc(-c2cc3c(cc2Cl)OC(F)(F)O3)ccc1NC(=O)c1c(C)noc1C(F)F. The summed E-state index contributed by atoms with van der Waals surface area (Å²) in [5.41, 5.74) is 1.73. The zero-order chi connectivity index (χ0) is 23.2.